The smallest absolute Gasteiger partial charge is 0.218 e. The van der Waals surface area contributed by atoms with E-state index in [1.165, 1.54) is 4.88 Å². The summed E-state index contributed by atoms with van der Waals surface area (Å²) < 4.78 is 5.76. The molecule has 0 atom stereocenters. The number of pyridine rings is 1. The molecule has 2 heterocycles. The van der Waals surface area contributed by atoms with Crippen LogP contribution in [0.3, 0.4) is 0 Å². The second kappa shape index (κ2) is 10.6. The highest BCUT2D eigenvalue weighted by Crippen LogP contribution is 2.14. The highest BCUT2D eigenvalue weighted by atomic mass is 32.1. The van der Waals surface area contributed by atoms with Crippen molar-refractivity contribution in [2.45, 2.75) is 32.7 Å². The molecule has 0 bridgehead atoms. The molecule has 0 saturated heterocycles. The molecule has 0 saturated carbocycles. The van der Waals surface area contributed by atoms with Gasteiger partial charge in [-0.15, -0.1) is 11.3 Å². The van der Waals surface area contributed by atoms with Crippen LogP contribution in [-0.4, -0.2) is 31.1 Å². The zero-order valence-corrected chi connectivity index (χ0v) is 15.2. The van der Waals surface area contributed by atoms with E-state index in [0.29, 0.717) is 19.0 Å². The summed E-state index contributed by atoms with van der Waals surface area (Å²) in [6.07, 6.45) is 4.91. The van der Waals surface area contributed by atoms with Gasteiger partial charge in [0, 0.05) is 36.8 Å². The molecule has 2 N–H and O–H groups in total. The first kappa shape index (κ1) is 18.3. The van der Waals surface area contributed by atoms with E-state index in [1.807, 2.05) is 12.1 Å². The molecule has 2 aromatic heterocycles. The van der Waals surface area contributed by atoms with Gasteiger partial charge in [0.05, 0.1) is 6.61 Å². The fraction of sp³-hybridized carbons (Fsp3) is 0.444. The van der Waals surface area contributed by atoms with Crippen molar-refractivity contribution in [3.63, 3.8) is 0 Å². The van der Waals surface area contributed by atoms with Gasteiger partial charge in [0.15, 0.2) is 5.96 Å². The summed E-state index contributed by atoms with van der Waals surface area (Å²) >= 11 is 1.78. The summed E-state index contributed by atoms with van der Waals surface area (Å²) in [7, 11) is 1.78. The van der Waals surface area contributed by atoms with Crippen molar-refractivity contribution in [2.24, 2.45) is 4.99 Å². The topological polar surface area (TPSA) is 58.5 Å². The van der Waals surface area contributed by atoms with E-state index < -0.39 is 0 Å². The Morgan fingerprint density at radius 1 is 1.29 bits per heavy atom. The molecular weight excluding hydrogens is 320 g/mol. The average Bonchev–Trinajstić information content (AvgIpc) is 3.12. The first-order chi connectivity index (χ1) is 11.8. The predicted octanol–water partition coefficient (Wildman–Crippen LogP) is 3.23. The van der Waals surface area contributed by atoms with Gasteiger partial charge in [0.1, 0.15) is 0 Å². The van der Waals surface area contributed by atoms with Gasteiger partial charge in [0.2, 0.25) is 5.88 Å². The Morgan fingerprint density at radius 2 is 2.21 bits per heavy atom. The first-order valence-corrected chi connectivity index (χ1v) is 9.25. The standard InChI is InChI=1S/C18H26N4OS/c1-3-4-12-23-17-15(7-5-10-20-17)14-22-18(19-2)21-11-9-16-8-6-13-24-16/h5-8,10,13H,3-4,9,11-12,14H2,1-2H3,(H2,19,21,22). The monoisotopic (exact) mass is 346 g/mol. The third kappa shape index (κ3) is 6.20. The number of unbranched alkanes of at least 4 members (excludes halogenated alkanes) is 1. The maximum atomic E-state index is 5.76. The minimum atomic E-state index is 0.633. The molecule has 24 heavy (non-hydrogen) atoms. The van der Waals surface area contributed by atoms with Crippen LogP contribution in [0.2, 0.25) is 0 Å². The number of ether oxygens (including phenoxy) is 1. The largest absolute Gasteiger partial charge is 0.477 e. The van der Waals surface area contributed by atoms with E-state index in [-0.39, 0.29) is 0 Å². The van der Waals surface area contributed by atoms with Crippen LogP contribution in [0.4, 0.5) is 0 Å². The van der Waals surface area contributed by atoms with Crippen LogP contribution in [0.5, 0.6) is 5.88 Å². The summed E-state index contributed by atoms with van der Waals surface area (Å²) in [6.45, 7) is 4.34. The normalized spacial score (nSPS) is 11.3. The zero-order chi connectivity index (χ0) is 17.0. The van der Waals surface area contributed by atoms with E-state index in [0.717, 1.165) is 37.3 Å². The molecule has 0 spiro atoms. The maximum absolute atomic E-state index is 5.76. The second-order valence-electron chi connectivity index (χ2n) is 5.35. The lowest BCUT2D eigenvalue weighted by molar-refractivity contribution is 0.294. The van der Waals surface area contributed by atoms with E-state index in [2.05, 4.69) is 45.0 Å². The van der Waals surface area contributed by atoms with Crippen LogP contribution in [0, 0.1) is 0 Å². The molecule has 130 valence electrons. The van der Waals surface area contributed by atoms with Crippen molar-refractivity contribution in [1.82, 2.24) is 15.6 Å². The van der Waals surface area contributed by atoms with Gasteiger partial charge in [0.25, 0.3) is 0 Å². The number of hydrogen-bond acceptors (Lipinski definition) is 4. The van der Waals surface area contributed by atoms with Crippen molar-refractivity contribution in [3.8, 4) is 5.88 Å². The fourth-order valence-electron chi connectivity index (χ4n) is 2.16. The van der Waals surface area contributed by atoms with Gasteiger partial charge < -0.3 is 15.4 Å². The number of aliphatic imine (C=N–C) groups is 1. The third-order valence-electron chi connectivity index (χ3n) is 3.50. The van der Waals surface area contributed by atoms with E-state index in [4.69, 9.17) is 4.74 Å². The molecular formula is C18H26N4OS. The number of nitrogens with zero attached hydrogens (tertiary/aromatic N) is 2. The molecule has 0 aliphatic heterocycles. The predicted molar refractivity (Wildman–Crippen MR) is 101 cm³/mol. The molecule has 0 aromatic carbocycles. The Morgan fingerprint density at radius 3 is 2.96 bits per heavy atom. The Hall–Kier alpha value is -2.08. The number of thiophene rings is 1. The number of aromatic nitrogens is 1. The number of hydrogen-bond donors (Lipinski definition) is 2. The van der Waals surface area contributed by atoms with Crippen LogP contribution in [-0.2, 0) is 13.0 Å². The average molecular weight is 347 g/mol. The van der Waals surface area contributed by atoms with Crippen molar-refractivity contribution >= 4 is 17.3 Å². The first-order valence-electron chi connectivity index (χ1n) is 8.37. The lowest BCUT2D eigenvalue weighted by Gasteiger charge is -2.14. The Kier molecular flexibility index (Phi) is 8.10. The lowest BCUT2D eigenvalue weighted by atomic mass is 10.2. The summed E-state index contributed by atoms with van der Waals surface area (Å²) in [5.74, 6) is 1.49. The van der Waals surface area contributed by atoms with Crippen molar-refractivity contribution in [3.05, 3.63) is 46.3 Å². The lowest BCUT2D eigenvalue weighted by Crippen LogP contribution is -2.37. The number of nitrogens with one attached hydrogen (secondary N) is 2. The van der Waals surface area contributed by atoms with E-state index in [1.54, 1.807) is 24.6 Å². The summed E-state index contributed by atoms with van der Waals surface area (Å²) in [5.41, 5.74) is 1.04. The van der Waals surface area contributed by atoms with Crippen LogP contribution in [0.15, 0.2) is 40.8 Å². The van der Waals surface area contributed by atoms with Gasteiger partial charge in [-0.25, -0.2) is 4.98 Å². The van der Waals surface area contributed by atoms with Gasteiger partial charge in [-0.2, -0.15) is 0 Å². The van der Waals surface area contributed by atoms with Crippen LogP contribution < -0.4 is 15.4 Å². The van der Waals surface area contributed by atoms with Gasteiger partial charge in [-0.1, -0.05) is 25.5 Å². The number of guanidine groups is 1. The van der Waals surface area contributed by atoms with Gasteiger partial charge in [-0.3, -0.25) is 4.99 Å². The van der Waals surface area contributed by atoms with Crippen molar-refractivity contribution in [2.75, 3.05) is 20.2 Å². The molecule has 0 amide bonds. The highest BCUT2D eigenvalue weighted by molar-refractivity contribution is 7.09. The molecule has 0 unspecified atom stereocenters. The molecule has 5 nitrogen and oxygen atoms in total. The molecule has 6 heteroatoms. The Bertz CT molecular complexity index is 613. The zero-order valence-electron chi connectivity index (χ0n) is 14.4. The summed E-state index contributed by atoms with van der Waals surface area (Å²) in [4.78, 5) is 9.96. The highest BCUT2D eigenvalue weighted by Gasteiger charge is 2.06. The third-order valence-corrected chi connectivity index (χ3v) is 4.44. The van der Waals surface area contributed by atoms with Crippen LogP contribution in [0.25, 0.3) is 0 Å². The minimum absolute atomic E-state index is 0.633. The van der Waals surface area contributed by atoms with Crippen molar-refractivity contribution < 1.29 is 4.74 Å². The number of rotatable bonds is 9. The fourth-order valence-corrected chi connectivity index (χ4v) is 2.87. The van der Waals surface area contributed by atoms with E-state index in [9.17, 15) is 0 Å². The van der Waals surface area contributed by atoms with Crippen LogP contribution >= 0.6 is 11.3 Å². The Labute approximate surface area is 148 Å². The van der Waals surface area contributed by atoms with Crippen molar-refractivity contribution in [1.29, 1.82) is 0 Å². The van der Waals surface area contributed by atoms with Gasteiger partial charge in [-0.05, 0) is 30.4 Å². The second-order valence-corrected chi connectivity index (χ2v) is 6.38. The van der Waals surface area contributed by atoms with Gasteiger partial charge >= 0.3 is 0 Å². The quantitative estimate of drug-likeness (QED) is 0.416. The summed E-state index contributed by atoms with van der Waals surface area (Å²) in [6, 6.07) is 8.19. The Balaban J connectivity index is 1.79. The maximum Gasteiger partial charge on any atom is 0.218 e. The van der Waals surface area contributed by atoms with E-state index >= 15 is 0 Å². The molecule has 0 aliphatic carbocycles. The summed E-state index contributed by atoms with van der Waals surface area (Å²) in [5, 5.41) is 8.76. The van der Waals surface area contributed by atoms with Crippen LogP contribution in [0.1, 0.15) is 30.2 Å². The SMILES string of the molecule is CCCCOc1ncccc1CNC(=NC)NCCc1cccs1. The molecule has 2 rings (SSSR count). The molecule has 0 radical (unpaired) electrons. The minimum Gasteiger partial charge on any atom is -0.477 e. The molecule has 0 aliphatic rings. The molecule has 0 fully saturated rings. The molecule has 2 aromatic rings.